The standard InChI is InChI=1S/C17H25N5O2/c1-12-9-18-21(2)14(12)10-22-7-3-6-17(23,11-22)8-15-19-16(20-24-15)13-4-5-13/h9,13,23H,3-8,10-11H2,1-2H3. The lowest BCUT2D eigenvalue weighted by molar-refractivity contribution is -0.0379. The zero-order valence-corrected chi connectivity index (χ0v) is 14.4. The number of rotatable bonds is 5. The number of β-amino-alcohol motifs (C(OH)–C–C–N with tert-alkyl or cyclic N) is 1. The Morgan fingerprint density at radius 2 is 2.25 bits per heavy atom. The van der Waals surface area contributed by atoms with Crippen molar-refractivity contribution in [2.24, 2.45) is 7.05 Å². The van der Waals surface area contributed by atoms with Crippen LogP contribution in [-0.2, 0) is 20.0 Å². The molecule has 1 aliphatic heterocycles. The summed E-state index contributed by atoms with van der Waals surface area (Å²) in [5, 5.41) is 19.4. The topological polar surface area (TPSA) is 80.2 Å². The minimum Gasteiger partial charge on any atom is -0.388 e. The third-order valence-corrected chi connectivity index (χ3v) is 5.18. The molecule has 0 spiro atoms. The van der Waals surface area contributed by atoms with Crippen LogP contribution in [0, 0.1) is 6.92 Å². The van der Waals surface area contributed by atoms with Crippen molar-refractivity contribution in [2.45, 2.75) is 57.1 Å². The molecule has 0 bridgehead atoms. The van der Waals surface area contributed by atoms with E-state index >= 15 is 0 Å². The Kier molecular flexibility index (Phi) is 3.92. The molecule has 3 heterocycles. The molecule has 1 saturated heterocycles. The van der Waals surface area contributed by atoms with Crippen LogP contribution < -0.4 is 0 Å². The summed E-state index contributed by atoms with van der Waals surface area (Å²) in [7, 11) is 1.97. The molecule has 4 rings (SSSR count). The van der Waals surface area contributed by atoms with Gasteiger partial charge < -0.3 is 9.63 Å². The van der Waals surface area contributed by atoms with Gasteiger partial charge in [0.05, 0.1) is 23.9 Å². The van der Waals surface area contributed by atoms with Crippen LogP contribution in [0.2, 0.25) is 0 Å². The highest BCUT2D eigenvalue weighted by atomic mass is 16.5. The van der Waals surface area contributed by atoms with Crippen LogP contribution in [0.15, 0.2) is 10.7 Å². The number of likely N-dealkylation sites (tertiary alicyclic amines) is 1. The quantitative estimate of drug-likeness (QED) is 0.895. The molecule has 130 valence electrons. The van der Waals surface area contributed by atoms with Gasteiger partial charge in [0, 0.05) is 26.1 Å². The molecule has 2 aromatic rings. The highest BCUT2D eigenvalue weighted by Gasteiger charge is 2.36. The lowest BCUT2D eigenvalue weighted by Crippen LogP contribution is -2.49. The van der Waals surface area contributed by atoms with Crippen LogP contribution in [0.4, 0.5) is 0 Å². The molecule has 1 atom stereocenters. The van der Waals surface area contributed by atoms with Crippen LogP contribution in [0.25, 0.3) is 0 Å². The molecular formula is C17H25N5O2. The Bertz CT molecular complexity index is 701. The minimum atomic E-state index is -0.794. The summed E-state index contributed by atoms with van der Waals surface area (Å²) in [4.78, 5) is 6.77. The van der Waals surface area contributed by atoms with Gasteiger partial charge in [-0.25, -0.2) is 0 Å². The van der Waals surface area contributed by atoms with Crippen LogP contribution in [0.5, 0.6) is 0 Å². The molecule has 1 unspecified atom stereocenters. The van der Waals surface area contributed by atoms with Gasteiger partial charge in [-0.05, 0) is 44.7 Å². The molecule has 1 aliphatic carbocycles. The fourth-order valence-electron chi connectivity index (χ4n) is 3.63. The number of hydrogen-bond acceptors (Lipinski definition) is 6. The largest absolute Gasteiger partial charge is 0.388 e. The first-order chi connectivity index (χ1) is 11.5. The van der Waals surface area contributed by atoms with Gasteiger partial charge in [0.25, 0.3) is 0 Å². The van der Waals surface area contributed by atoms with Crippen molar-refractivity contribution in [3.05, 3.63) is 29.2 Å². The SMILES string of the molecule is Cc1cnn(C)c1CN1CCCC(O)(Cc2nc(C3CC3)no2)C1. The second-order valence-electron chi connectivity index (χ2n) is 7.43. The number of aromatic nitrogens is 4. The monoisotopic (exact) mass is 331 g/mol. The Balaban J connectivity index is 1.42. The maximum atomic E-state index is 11.0. The number of aryl methyl sites for hydroxylation is 2. The lowest BCUT2D eigenvalue weighted by Gasteiger charge is -2.38. The third-order valence-electron chi connectivity index (χ3n) is 5.18. The average molecular weight is 331 g/mol. The average Bonchev–Trinajstić information content (AvgIpc) is 3.22. The molecule has 0 amide bonds. The summed E-state index contributed by atoms with van der Waals surface area (Å²) < 4.78 is 7.28. The minimum absolute atomic E-state index is 0.438. The molecule has 2 aliphatic rings. The van der Waals surface area contributed by atoms with E-state index in [1.54, 1.807) is 0 Å². The molecule has 24 heavy (non-hydrogen) atoms. The Morgan fingerprint density at radius 3 is 2.96 bits per heavy atom. The van der Waals surface area contributed by atoms with E-state index in [0.717, 1.165) is 44.6 Å². The highest BCUT2D eigenvalue weighted by molar-refractivity contribution is 5.15. The second kappa shape index (κ2) is 5.97. The van der Waals surface area contributed by atoms with Gasteiger partial charge in [0.15, 0.2) is 5.82 Å². The number of nitrogens with zero attached hydrogens (tertiary/aromatic N) is 5. The fourth-order valence-corrected chi connectivity index (χ4v) is 3.63. The van der Waals surface area contributed by atoms with Crippen molar-refractivity contribution in [3.8, 4) is 0 Å². The summed E-state index contributed by atoms with van der Waals surface area (Å²) in [5.41, 5.74) is 1.60. The smallest absolute Gasteiger partial charge is 0.229 e. The van der Waals surface area contributed by atoms with Crippen LogP contribution in [-0.4, -0.2) is 48.6 Å². The first-order valence-corrected chi connectivity index (χ1v) is 8.77. The van der Waals surface area contributed by atoms with Gasteiger partial charge in [0.1, 0.15) is 0 Å². The van der Waals surface area contributed by atoms with Gasteiger partial charge in [-0.3, -0.25) is 9.58 Å². The van der Waals surface area contributed by atoms with E-state index in [1.807, 2.05) is 17.9 Å². The van der Waals surface area contributed by atoms with E-state index in [9.17, 15) is 5.11 Å². The van der Waals surface area contributed by atoms with Gasteiger partial charge in [-0.15, -0.1) is 0 Å². The zero-order chi connectivity index (χ0) is 16.7. The zero-order valence-electron chi connectivity index (χ0n) is 14.4. The van der Waals surface area contributed by atoms with Crippen LogP contribution >= 0.6 is 0 Å². The molecule has 2 aromatic heterocycles. The summed E-state index contributed by atoms with van der Waals surface area (Å²) in [5.74, 6) is 1.86. The van der Waals surface area contributed by atoms with Crippen molar-refractivity contribution in [2.75, 3.05) is 13.1 Å². The summed E-state index contributed by atoms with van der Waals surface area (Å²) in [6.07, 6.45) is 6.38. The molecule has 7 nitrogen and oxygen atoms in total. The number of aliphatic hydroxyl groups is 1. The number of hydrogen-bond donors (Lipinski definition) is 1. The summed E-state index contributed by atoms with van der Waals surface area (Å²) >= 11 is 0. The van der Waals surface area contributed by atoms with Gasteiger partial charge >= 0.3 is 0 Å². The first kappa shape index (κ1) is 15.8. The molecule has 0 radical (unpaired) electrons. The highest BCUT2D eigenvalue weighted by Crippen LogP contribution is 2.38. The lowest BCUT2D eigenvalue weighted by atomic mass is 9.89. The van der Waals surface area contributed by atoms with E-state index in [2.05, 4.69) is 27.1 Å². The summed E-state index contributed by atoms with van der Waals surface area (Å²) in [6, 6.07) is 0. The van der Waals surface area contributed by atoms with E-state index in [4.69, 9.17) is 4.52 Å². The van der Waals surface area contributed by atoms with E-state index < -0.39 is 5.60 Å². The molecule has 0 aromatic carbocycles. The van der Waals surface area contributed by atoms with Crippen LogP contribution in [0.3, 0.4) is 0 Å². The van der Waals surface area contributed by atoms with Crippen molar-refractivity contribution < 1.29 is 9.63 Å². The van der Waals surface area contributed by atoms with Crippen LogP contribution in [0.1, 0.15) is 54.6 Å². The molecule has 7 heteroatoms. The van der Waals surface area contributed by atoms with Gasteiger partial charge in [-0.1, -0.05) is 5.16 Å². The Morgan fingerprint density at radius 1 is 1.42 bits per heavy atom. The fraction of sp³-hybridized carbons (Fsp3) is 0.706. The van der Waals surface area contributed by atoms with Crippen molar-refractivity contribution in [1.82, 2.24) is 24.8 Å². The third kappa shape index (κ3) is 3.23. The number of piperidine rings is 1. The Labute approximate surface area is 141 Å². The maximum absolute atomic E-state index is 11.0. The van der Waals surface area contributed by atoms with Crippen molar-refractivity contribution in [1.29, 1.82) is 0 Å². The van der Waals surface area contributed by atoms with E-state index in [-0.39, 0.29) is 0 Å². The second-order valence-corrected chi connectivity index (χ2v) is 7.43. The predicted molar refractivity (Wildman–Crippen MR) is 87.4 cm³/mol. The summed E-state index contributed by atoms with van der Waals surface area (Å²) in [6.45, 7) is 4.50. The normalized spacial score (nSPS) is 25.3. The van der Waals surface area contributed by atoms with E-state index in [1.165, 1.54) is 11.3 Å². The van der Waals surface area contributed by atoms with Gasteiger partial charge in [-0.2, -0.15) is 10.1 Å². The first-order valence-electron chi connectivity index (χ1n) is 8.77. The predicted octanol–water partition coefficient (Wildman–Crippen LogP) is 1.56. The van der Waals surface area contributed by atoms with Gasteiger partial charge in [0.2, 0.25) is 5.89 Å². The van der Waals surface area contributed by atoms with Crippen molar-refractivity contribution in [3.63, 3.8) is 0 Å². The maximum Gasteiger partial charge on any atom is 0.229 e. The molecular weight excluding hydrogens is 306 g/mol. The van der Waals surface area contributed by atoms with Crippen molar-refractivity contribution >= 4 is 0 Å². The van der Waals surface area contributed by atoms with E-state index in [0.29, 0.717) is 24.8 Å². The molecule has 1 N–H and O–H groups in total. The molecule has 2 fully saturated rings. The Hall–Kier alpha value is -1.73. The molecule has 1 saturated carbocycles.